The molecule has 102 valence electrons. The number of aromatic nitrogens is 1. The summed E-state index contributed by atoms with van der Waals surface area (Å²) in [6.07, 6.45) is 8.19. The van der Waals surface area contributed by atoms with Gasteiger partial charge in [0.05, 0.1) is 0 Å². The van der Waals surface area contributed by atoms with E-state index in [1.807, 2.05) is 6.20 Å². The average molecular weight is 258 g/mol. The first kappa shape index (κ1) is 12.6. The summed E-state index contributed by atoms with van der Waals surface area (Å²) < 4.78 is 0. The molecule has 0 saturated carbocycles. The van der Waals surface area contributed by atoms with Crippen molar-refractivity contribution in [2.75, 3.05) is 13.1 Å². The van der Waals surface area contributed by atoms with Crippen LogP contribution in [0.2, 0.25) is 0 Å². The lowest BCUT2D eigenvalue weighted by molar-refractivity contribution is -0.134. The smallest absolute Gasteiger partial charge is 0.226 e. The van der Waals surface area contributed by atoms with Crippen molar-refractivity contribution >= 4 is 5.91 Å². The molecule has 0 N–H and O–H groups in total. The molecular formula is C16H22N2O. The topological polar surface area (TPSA) is 33.2 Å². The number of carbonyl (C=O) groups excluding carboxylic acids is 1. The van der Waals surface area contributed by atoms with E-state index in [4.69, 9.17) is 0 Å². The lowest BCUT2D eigenvalue weighted by atomic mass is 9.85. The van der Waals surface area contributed by atoms with Crippen molar-refractivity contribution in [3.63, 3.8) is 0 Å². The van der Waals surface area contributed by atoms with Crippen molar-refractivity contribution in [2.24, 2.45) is 5.92 Å². The predicted molar refractivity (Wildman–Crippen MR) is 74.9 cm³/mol. The Morgan fingerprint density at radius 1 is 1.42 bits per heavy atom. The molecule has 1 amide bonds. The van der Waals surface area contributed by atoms with Crippen LogP contribution in [0.25, 0.3) is 0 Å². The fraction of sp³-hybridized carbons (Fsp3) is 0.625. The van der Waals surface area contributed by atoms with Gasteiger partial charge in [0.2, 0.25) is 5.91 Å². The minimum atomic E-state index is 0.194. The molecule has 0 aromatic carbocycles. The second-order valence-electron chi connectivity index (χ2n) is 5.78. The van der Waals surface area contributed by atoms with Gasteiger partial charge in [-0.1, -0.05) is 13.0 Å². The second-order valence-corrected chi connectivity index (χ2v) is 5.78. The Kier molecular flexibility index (Phi) is 3.54. The van der Waals surface area contributed by atoms with E-state index in [1.165, 1.54) is 29.7 Å². The second kappa shape index (κ2) is 5.32. The van der Waals surface area contributed by atoms with E-state index in [1.54, 1.807) is 0 Å². The molecule has 0 radical (unpaired) electrons. The van der Waals surface area contributed by atoms with Gasteiger partial charge < -0.3 is 4.90 Å². The first-order valence-electron chi connectivity index (χ1n) is 7.53. The van der Waals surface area contributed by atoms with Gasteiger partial charge in [-0.25, -0.2) is 0 Å². The van der Waals surface area contributed by atoms with E-state index in [2.05, 4.69) is 22.9 Å². The van der Waals surface area contributed by atoms with E-state index < -0.39 is 0 Å². The summed E-state index contributed by atoms with van der Waals surface area (Å²) in [6.45, 7) is 4.09. The lowest BCUT2D eigenvalue weighted by Crippen LogP contribution is -2.36. The van der Waals surface area contributed by atoms with Gasteiger partial charge in [-0.3, -0.25) is 9.78 Å². The summed E-state index contributed by atoms with van der Waals surface area (Å²) in [5.41, 5.74) is 3.80. The fourth-order valence-electron chi connectivity index (χ4n) is 3.27. The average Bonchev–Trinajstić information content (AvgIpc) is 2.99. The first-order valence-corrected chi connectivity index (χ1v) is 7.53. The van der Waals surface area contributed by atoms with Crippen molar-refractivity contribution < 1.29 is 4.79 Å². The van der Waals surface area contributed by atoms with Crippen LogP contribution in [0.3, 0.4) is 0 Å². The summed E-state index contributed by atoms with van der Waals surface area (Å²) in [4.78, 5) is 19.1. The van der Waals surface area contributed by atoms with Crippen LogP contribution >= 0.6 is 0 Å². The third kappa shape index (κ3) is 2.51. The normalized spacial score (nSPS) is 22.4. The van der Waals surface area contributed by atoms with Crippen LogP contribution < -0.4 is 0 Å². The van der Waals surface area contributed by atoms with Crippen LogP contribution in [0.15, 0.2) is 12.3 Å². The van der Waals surface area contributed by atoms with Crippen LogP contribution in [0.1, 0.15) is 43.0 Å². The van der Waals surface area contributed by atoms with Crippen LogP contribution in [0.4, 0.5) is 0 Å². The van der Waals surface area contributed by atoms with Gasteiger partial charge in [0.1, 0.15) is 0 Å². The Morgan fingerprint density at radius 3 is 2.95 bits per heavy atom. The molecule has 1 atom stereocenters. The number of amides is 1. The molecule has 3 heteroatoms. The molecule has 0 bridgehead atoms. The number of fused-ring (bicyclic) bond motifs is 1. The van der Waals surface area contributed by atoms with Crippen molar-refractivity contribution in [3.05, 3.63) is 29.1 Å². The van der Waals surface area contributed by atoms with Crippen LogP contribution in [0.5, 0.6) is 0 Å². The molecule has 3 nitrogen and oxygen atoms in total. The molecule has 19 heavy (non-hydrogen) atoms. The Labute approximate surface area is 115 Å². The maximum absolute atomic E-state index is 12.5. The molecule has 3 rings (SSSR count). The standard InChI is InChI=1S/C16H22N2O/c1-2-12-9-14-10-13(5-6-15(14)17-11-12)16(19)18-7-3-4-8-18/h9,11,13H,2-8,10H2,1H3. The Bertz CT molecular complexity index is 478. The zero-order valence-corrected chi connectivity index (χ0v) is 11.7. The van der Waals surface area contributed by atoms with Crippen molar-refractivity contribution in [1.82, 2.24) is 9.88 Å². The van der Waals surface area contributed by atoms with E-state index in [0.29, 0.717) is 5.91 Å². The van der Waals surface area contributed by atoms with Gasteiger partial charge >= 0.3 is 0 Å². The van der Waals surface area contributed by atoms with Gasteiger partial charge in [-0.2, -0.15) is 0 Å². The molecular weight excluding hydrogens is 236 g/mol. The number of rotatable bonds is 2. The molecule has 1 aliphatic carbocycles. The highest BCUT2D eigenvalue weighted by Crippen LogP contribution is 2.27. The Balaban J connectivity index is 1.75. The minimum Gasteiger partial charge on any atom is -0.342 e. The van der Waals surface area contributed by atoms with Crippen molar-refractivity contribution in [1.29, 1.82) is 0 Å². The quantitative estimate of drug-likeness (QED) is 0.816. The van der Waals surface area contributed by atoms with Gasteiger partial charge in [-0.05, 0) is 49.7 Å². The fourth-order valence-corrected chi connectivity index (χ4v) is 3.27. The number of nitrogens with zero attached hydrogens (tertiary/aromatic N) is 2. The van der Waals surface area contributed by atoms with Crippen LogP contribution in [0, 0.1) is 5.92 Å². The highest BCUT2D eigenvalue weighted by atomic mass is 16.2. The number of carbonyl (C=O) groups is 1. The van der Waals surface area contributed by atoms with Crippen molar-refractivity contribution in [3.8, 4) is 0 Å². The molecule has 1 fully saturated rings. The summed E-state index contributed by atoms with van der Waals surface area (Å²) in [5.74, 6) is 0.574. The zero-order chi connectivity index (χ0) is 13.2. The third-order valence-corrected chi connectivity index (χ3v) is 4.49. The molecule has 2 aliphatic rings. The number of aryl methyl sites for hydroxylation is 2. The first-order chi connectivity index (χ1) is 9.28. The summed E-state index contributed by atoms with van der Waals surface area (Å²) >= 11 is 0. The van der Waals surface area contributed by atoms with E-state index in [0.717, 1.165) is 38.8 Å². The Hall–Kier alpha value is -1.38. The molecule has 1 aliphatic heterocycles. The summed E-state index contributed by atoms with van der Waals surface area (Å²) in [7, 11) is 0. The van der Waals surface area contributed by atoms with E-state index in [9.17, 15) is 4.79 Å². The lowest BCUT2D eigenvalue weighted by Gasteiger charge is -2.27. The maximum Gasteiger partial charge on any atom is 0.226 e. The van der Waals surface area contributed by atoms with Crippen LogP contribution in [-0.4, -0.2) is 28.9 Å². The monoisotopic (exact) mass is 258 g/mol. The van der Waals surface area contributed by atoms with Gasteiger partial charge in [-0.15, -0.1) is 0 Å². The van der Waals surface area contributed by atoms with Gasteiger partial charge in [0.15, 0.2) is 0 Å². The molecule has 1 saturated heterocycles. The molecule has 1 aromatic heterocycles. The van der Waals surface area contributed by atoms with Crippen molar-refractivity contribution in [2.45, 2.75) is 45.4 Å². The number of likely N-dealkylation sites (tertiary alicyclic amines) is 1. The van der Waals surface area contributed by atoms with Gasteiger partial charge in [0.25, 0.3) is 0 Å². The maximum atomic E-state index is 12.5. The Morgan fingerprint density at radius 2 is 2.21 bits per heavy atom. The summed E-state index contributed by atoms with van der Waals surface area (Å²) in [5, 5.41) is 0. The largest absolute Gasteiger partial charge is 0.342 e. The molecule has 0 spiro atoms. The number of hydrogen-bond donors (Lipinski definition) is 0. The van der Waals surface area contributed by atoms with Gasteiger partial charge in [0, 0.05) is 30.9 Å². The molecule has 2 heterocycles. The van der Waals surface area contributed by atoms with E-state index >= 15 is 0 Å². The summed E-state index contributed by atoms with van der Waals surface area (Å²) in [6, 6.07) is 2.26. The number of pyridine rings is 1. The third-order valence-electron chi connectivity index (χ3n) is 4.49. The van der Waals surface area contributed by atoms with Crippen LogP contribution in [-0.2, 0) is 24.1 Å². The highest BCUT2D eigenvalue weighted by Gasteiger charge is 2.30. The molecule has 1 aromatic rings. The molecule has 1 unspecified atom stereocenters. The highest BCUT2D eigenvalue weighted by molar-refractivity contribution is 5.79. The number of hydrogen-bond acceptors (Lipinski definition) is 2. The minimum absolute atomic E-state index is 0.194. The zero-order valence-electron chi connectivity index (χ0n) is 11.7. The SMILES string of the molecule is CCc1cnc2c(c1)CC(C(=O)N1CCCC1)CC2. The van der Waals surface area contributed by atoms with E-state index in [-0.39, 0.29) is 5.92 Å². The predicted octanol–water partition coefficient (Wildman–Crippen LogP) is 2.37.